The number of aliphatic hydroxyl groups excluding tert-OH is 2. The summed E-state index contributed by atoms with van der Waals surface area (Å²) in [6.45, 7) is 2.64. The van der Waals surface area contributed by atoms with Gasteiger partial charge in [0.05, 0.1) is 36.6 Å². The second-order valence-electron chi connectivity index (χ2n) is 9.27. The summed E-state index contributed by atoms with van der Waals surface area (Å²) in [4.78, 5) is 24.1. The zero-order valence-corrected chi connectivity index (χ0v) is 23.3. The highest BCUT2D eigenvalue weighted by molar-refractivity contribution is 6.71. The number of furan rings is 1. The van der Waals surface area contributed by atoms with Crippen LogP contribution < -0.4 is 21.9 Å². The van der Waals surface area contributed by atoms with Crippen LogP contribution in [0.2, 0.25) is 0 Å². The number of hydrogen-bond acceptors (Lipinski definition) is 11. The van der Waals surface area contributed by atoms with Crippen LogP contribution in [-0.2, 0) is 17.6 Å². The van der Waals surface area contributed by atoms with Gasteiger partial charge >= 0.3 is 11.9 Å². The molecule has 0 bridgehead atoms. The predicted molar refractivity (Wildman–Crippen MR) is 160 cm³/mol. The van der Waals surface area contributed by atoms with E-state index in [1.807, 2.05) is 12.1 Å². The summed E-state index contributed by atoms with van der Waals surface area (Å²) in [5, 5.41) is 45.2. The van der Waals surface area contributed by atoms with Crippen LogP contribution >= 0.6 is 0 Å². The lowest BCUT2D eigenvalue weighted by atomic mass is 9.91. The fraction of sp³-hybridized carbons (Fsp3) is 0.310. The summed E-state index contributed by atoms with van der Waals surface area (Å²) in [6, 6.07) is 12.2. The van der Waals surface area contributed by atoms with Gasteiger partial charge in [-0.25, -0.2) is 4.79 Å². The number of hydrogen-bond donors (Lipinski definition) is 7. The normalized spacial score (nSPS) is 14.8. The number of hydrazone groups is 2. The van der Waals surface area contributed by atoms with E-state index in [2.05, 4.69) is 21.7 Å². The minimum absolute atomic E-state index is 0.0972. The molecule has 0 atom stereocenters. The molecule has 0 saturated heterocycles. The number of aromatic hydroxyl groups is 1. The van der Waals surface area contributed by atoms with Gasteiger partial charge in [-0.3, -0.25) is 10.2 Å². The lowest BCUT2D eigenvalue weighted by Gasteiger charge is -2.19. The van der Waals surface area contributed by atoms with Crippen LogP contribution in [0.5, 0.6) is 5.75 Å². The number of nitrogens with two attached hydrogens (primary N) is 2. The van der Waals surface area contributed by atoms with Crippen LogP contribution in [0.3, 0.4) is 0 Å². The molecule has 2 heterocycles. The van der Waals surface area contributed by atoms with Crippen molar-refractivity contribution in [1.29, 1.82) is 0 Å². The van der Waals surface area contributed by atoms with Gasteiger partial charge in [0.2, 0.25) is 5.76 Å². The Balaban J connectivity index is 0.000000540. The molecule has 0 radical (unpaired) electrons. The van der Waals surface area contributed by atoms with Crippen molar-refractivity contribution < 1.29 is 34.4 Å². The van der Waals surface area contributed by atoms with Gasteiger partial charge in [-0.05, 0) is 68.0 Å². The SMILES string of the molecule is CC1=NN(c2ccc3c(c2)CCCC3)C(=O)C1=NNc1cccc(-c2coc(C(=O)O)c2)c1O.NCCO.NCCO. The third-order valence-electron chi connectivity index (χ3n) is 6.27. The Morgan fingerprint density at radius 2 is 1.74 bits per heavy atom. The maximum Gasteiger partial charge on any atom is 0.371 e. The van der Waals surface area contributed by atoms with E-state index in [4.69, 9.17) is 31.2 Å². The molecule has 1 aromatic heterocycles. The standard InChI is InChI=1S/C25H22N4O5.2C2H7NO/c1-14-22(24(31)29(28-14)18-10-9-15-5-2-3-6-16(15)11-18)27-26-20-8-4-7-19(23(20)30)17-12-21(25(32)33)34-13-17;2*3-1-2-4/h4,7-13,26,30H,2-3,5-6H2,1H3,(H,32,33);2*4H,1-3H2. The number of rotatable bonds is 7. The van der Waals surface area contributed by atoms with Crippen molar-refractivity contribution in [3.8, 4) is 16.9 Å². The van der Waals surface area contributed by atoms with Crippen LogP contribution in [0, 0.1) is 0 Å². The Morgan fingerprint density at radius 3 is 2.36 bits per heavy atom. The molecule has 42 heavy (non-hydrogen) atoms. The summed E-state index contributed by atoms with van der Waals surface area (Å²) < 4.78 is 5.01. The van der Waals surface area contributed by atoms with Gasteiger partial charge in [0, 0.05) is 24.2 Å². The van der Waals surface area contributed by atoms with E-state index in [1.54, 1.807) is 25.1 Å². The summed E-state index contributed by atoms with van der Waals surface area (Å²) in [7, 11) is 0. The zero-order valence-electron chi connectivity index (χ0n) is 23.3. The number of para-hydroxylation sites is 1. The van der Waals surface area contributed by atoms with Crippen LogP contribution in [0.1, 0.15) is 41.4 Å². The number of anilines is 2. The van der Waals surface area contributed by atoms with Crippen LogP contribution in [0.15, 0.2) is 63.3 Å². The fourth-order valence-electron chi connectivity index (χ4n) is 4.23. The van der Waals surface area contributed by atoms with Gasteiger partial charge in [-0.15, -0.1) is 0 Å². The summed E-state index contributed by atoms with van der Waals surface area (Å²) >= 11 is 0. The quantitative estimate of drug-likeness (QED) is 0.160. The van der Waals surface area contributed by atoms with Crippen molar-refractivity contribution in [1.82, 2.24) is 0 Å². The van der Waals surface area contributed by atoms with E-state index in [0.29, 0.717) is 35.6 Å². The molecule has 0 fully saturated rings. The Morgan fingerprint density at radius 1 is 1.07 bits per heavy atom. The third kappa shape index (κ3) is 7.79. The average Bonchev–Trinajstić information content (AvgIpc) is 3.61. The Labute approximate surface area is 242 Å². The molecule has 1 aliphatic carbocycles. The number of carboxylic acids is 1. The van der Waals surface area contributed by atoms with E-state index in [-0.39, 0.29) is 42.0 Å². The van der Waals surface area contributed by atoms with Crippen molar-refractivity contribution in [2.24, 2.45) is 21.7 Å². The van der Waals surface area contributed by atoms with E-state index in [0.717, 1.165) is 19.3 Å². The van der Waals surface area contributed by atoms with Crippen LogP contribution in [0.25, 0.3) is 11.1 Å². The molecule has 0 unspecified atom stereocenters. The van der Waals surface area contributed by atoms with E-state index >= 15 is 0 Å². The van der Waals surface area contributed by atoms with Crippen molar-refractivity contribution >= 4 is 34.7 Å². The number of carbonyl (C=O) groups is 2. The molecule has 1 amide bonds. The topological polar surface area (TPSA) is 220 Å². The minimum Gasteiger partial charge on any atom is -0.505 e. The Kier molecular flexibility index (Phi) is 11.8. The maximum atomic E-state index is 13.1. The molecule has 224 valence electrons. The highest BCUT2D eigenvalue weighted by Crippen LogP contribution is 2.36. The molecule has 9 N–H and O–H groups in total. The molecule has 0 spiro atoms. The van der Waals surface area contributed by atoms with Gasteiger partial charge in [-0.2, -0.15) is 15.2 Å². The largest absolute Gasteiger partial charge is 0.505 e. The molecule has 13 heteroatoms. The lowest BCUT2D eigenvalue weighted by Crippen LogP contribution is -2.28. The second-order valence-corrected chi connectivity index (χ2v) is 9.27. The lowest BCUT2D eigenvalue weighted by molar-refractivity contribution is -0.112. The number of phenols is 1. The van der Waals surface area contributed by atoms with Crippen molar-refractivity contribution in [2.75, 3.05) is 36.7 Å². The van der Waals surface area contributed by atoms with Gasteiger partial charge in [0.1, 0.15) is 5.75 Å². The molecule has 0 saturated carbocycles. The van der Waals surface area contributed by atoms with Crippen molar-refractivity contribution in [3.05, 3.63) is 65.6 Å². The zero-order chi connectivity index (χ0) is 30.6. The maximum absolute atomic E-state index is 13.1. The number of fused-ring (bicyclic) bond motifs is 1. The first-order chi connectivity index (χ1) is 20.2. The Bertz CT molecular complexity index is 1440. The molecule has 1 aliphatic heterocycles. The first-order valence-electron chi connectivity index (χ1n) is 13.4. The summed E-state index contributed by atoms with van der Waals surface area (Å²) in [5.74, 6) is -1.96. The summed E-state index contributed by atoms with van der Waals surface area (Å²) in [5.41, 5.74) is 17.2. The highest BCUT2D eigenvalue weighted by Gasteiger charge is 2.31. The number of benzene rings is 2. The second kappa shape index (κ2) is 15.4. The number of aromatic carboxylic acids is 1. The molecular formula is C29H36N6O7. The number of aliphatic hydroxyl groups is 2. The molecule has 13 nitrogen and oxygen atoms in total. The number of phenolic OH excluding ortho intramolecular Hbond substituents is 1. The first kappa shape index (κ1) is 32.0. The fourth-order valence-corrected chi connectivity index (χ4v) is 4.23. The number of aryl methyl sites for hydroxylation is 2. The first-order valence-corrected chi connectivity index (χ1v) is 13.4. The van der Waals surface area contributed by atoms with Gasteiger partial charge in [0.25, 0.3) is 0 Å². The van der Waals surface area contributed by atoms with Crippen molar-refractivity contribution in [2.45, 2.75) is 32.6 Å². The smallest absolute Gasteiger partial charge is 0.371 e. The van der Waals surface area contributed by atoms with Gasteiger partial charge in [0.15, 0.2) is 5.71 Å². The number of amides is 1. The number of carbonyl (C=O) groups excluding carboxylic acids is 1. The number of carboxylic acid groups (broad SMARTS) is 1. The van der Waals surface area contributed by atoms with E-state index in [9.17, 15) is 14.7 Å². The summed E-state index contributed by atoms with van der Waals surface area (Å²) in [6.07, 6.45) is 5.63. The monoisotopic (exact) mass is 580 g/mol. The van der Waals surface area contributed by atoms with Crippen molar-refractivity contribution in [3.63, 3.8) is 0 Å². The minimum atomic E-state index is -1.20. The molecule has 2 aromatic carbocycles. The Hall–Kier alpha value is -4.56. The molecule has 5 rings (SSSR count). The number of nitrogens with one attached hydrogen (secondary N) is 1. The predicted octanol–water partition coefficient (Wildman–Crippen LogP) is 2.29. The molecule has 3 aromatic rings. The van der Waals surface area contributed by atoms with E-state index in [1.165, 1.54) is 34.9 Å². The highest BCUT2D eigenvalue weighted by atomic mass is 16.4. The van der Waals surface area contributed by atoms with Gasteiger partial charge in [-0.1, -0.05) is 18.2 Å². The number of nitrogens with zero attached hydrogens (tertiary/aromatic N) is 3. The van der Waals surface area contributed by atoms with Crippen LogP contribution in [0.4, 0.5) is 11.4 Å². The molecule has 2 aliphatic rings. The van der Waals surface area contributed by atoms with Crippen LogP contribution in [-0.4, -0.2) is 70.0 Å². The van der Waals surface area contributed by atoms with Gasteiger partial charge < -0.3 is 36.3 Å². The average molecular weight is 581 g/mol. The molecular weight excluding hydrogens is 544 g/mol. The third-order valence-corrected chi connectivity index (χ3v) is 6.27. The van der Waals surface area contributed by atoms with E-state index < -0.39 is 5.97 Å².